The molecule has 3 heteroatoms. The van der Waals surface area contributed by atoms with E-state index in [4.69, 9.17) is 5.73 Å². The number of nitrogens with one attached hydrogen (secondary N) is 1. The van der Waals surface area contributed by atoms with Crippen molar-refractivity contribution in [3.05, 3.63) is 18.0 Å². The Labute approximate surface area is 73.7 Å². The van der Waals surface area contributed by atoms with Gasteiger partial charge in [-0.05, 0) is 12.5 Å². The first-order chi connectivity index (χ1) is 5.77. The lowest BCUT2D eigenvalue weighted by Crippen LogP contribution is -1.85. The Balaban J connectivity index is 0.000000561. The Morgan fingerprint density at radius 2 is 2.17 bits per heavy atom. The summed E-state index contributed by atoms with van der Waals surface area (Å²) in [5.74, 6) is 0.465. The quantitative estimate of drug-likeness (QED) is 0.709. The van der Waals surface area contributed by atoms with Crippen LogP contribution in [-0.2, 0) is 6.42 Å². The zero-order valence-corrected chi connectivity index (χ0v) is 8.02. The minimum absolute atomic E-state index is 0.465. The molecule has 0 atom stereocenters. The van der Waals surface area contributed by atoms with E-state index in [1.165, 1.54) is 0 Å². The smallest absolute Gasteiger partial charge is 0.198 e. The summed E-state index contributed by atoms with van der Waals surface area (Å²) in [6.45, 7) is 9.66. The van der Waals surface area contributed by atoms with Gasteiger partial charge in [-0.2, -0.15) is 0 Å². The summed E-state index contributed by atoms with van der Waals surface area (Å²) in [6, 6.07) is 0. The van der Waals surface area contributed by atoms with E-state index in [2.05, 4.69) is 16.5 Å². The van der Waals surface area contributed by atoms with Gasteiger partial charge in [-0.15, -0.1) is 0 Å². The van der Waals surface area contributed by atoms with Gasteiger partial charge in [-0.25, -0.2) is 4.98 Å². The van der Waals surface area contributed by atoms with Crippen molar-refractivity contribution in [2.75, 3.05) is 5.73 Å². The largest absolute Gasteiger partial charge is 0.369 e. The van der Waals surface area contributed by atoms with Crippen LogP contribution in [0.2, 0.25) is 0 Å². The Kier molecular flexibility index (Phi) is 4.84. The third kappa shape index (κ3) is 2.42. The third-order valence-electron chi connectivity index (χ3n) is 1.38. The molecule has 0 radical (unpaired) electrons. The van der Waals surface area contributed by atoms with Crippen LogP contribution in [0.4, 0.5) is 5.95 Å². The van der Waals surface area contributed by atoms with Crippen LogP contribution in [-0.4, -0.2) is 9.97 Å². The van der Waals surface area contributed by atoms with Crippen molar-refractivity contribution in [1.29, 1.82) is 0 Å². The van der Waals surface area contributed by atoms with Crippen LogP contribution in [0.15, 0.2) is 6.58 Å². The van der Waals surface area contributed by atoms with E-state index in [-0.39, 0.29) is 0 Å². The molecule has 1 aromatic heterocycles. The van der Waals surface area contributed by atoms with E-state index in [0.717, 1.165) is 17.8 Å². The number of anilines is 1. The Hall–Kier alpha value is -1.25. The number of imidazole rings is 1. The van der Waals surface area contributed by atoms with E-state index in [1.807, 2.05) is 20.8 Å². The number of aromatic nitrogens is 2. The Morgan fingerprint density at radius 3 is 2.50 bits per heavy atom. The van der Waals surface area contributed by atoms with Gasteiger partial charge in [0.2, 0.25) is 0 Å². The average molecular weight is 167 g/mol. The first-order valence-electron chi connectivity index (χ1n) is 4.24. The van der Waals surface area contributed by atoms with Crippen molar-refractivity contribution in [2.45, 2.75) is 27.2 Å². The van der Waals surface area contributed by atoms with E-state index in [9.17, 15) is 0 Å². The molecule has 1 heterocycles. The first-order valence-corrected chi connectivity index (χ1v) is 4.24. The summed E-state index contributed by atoms with van der Waals surface area (Å²) in [6.07, 6.45) is 2.61. The predicted octanol–water partition coefficient (Wildman–Crippen LogP) is 2.22. The van der Waals surface area contributed by atoms with Crippen LogP contribution in [0.1, 0.15) is 32.2 Å². The first kappa shape index (κ1) is 10.8. The van der Waals surface area contributed by atoms with Crippen molar-refractivity contribution >= 4 is 12.0 Å². The molecule has 0 spiro atoms. The predicted molar refractivity (Wildman–Crippen MR) is 53.8 cm³/mol. The van der Waals surface area contributed by atoms with Crippen LogP contribution in [0, 0.1) is 0 Å². The standard InChI is InChI=1S/C7H11N3.C2H6/c1-3-5-6(4-2)10-7(8)9-5;1-2/h3H,1,4H2,2H3,(H3,8,9,10);1-2H3. The SMILES string of the molecule is C=Cc1nc(N)[nH]c1CC.CC. The van der Waals surface area contributed by atoms with Crippen molar-refractivity contribution < 1.29 is 0 Å². The van der Waals surface area contributed by atoms with Crippen molar-refractivity contribution in [3.63, 3.8) is 0 Å². The lowest BCUT2D eigenvalue weighted by Gasteiger charge is -1.88. The van der Waals surface area contributed by atoms with Crippen LogP contribution in [0.5, 0.6) is 0 Å². The van der Waals surface area contributed by atoms with Crippen LogP contribution in [0.25, 0.3) is 6.08 Å². The van der Waals surface area contributed by atoms with E-state index in [1.54, 1.807) is 6.08 Å². The molecule has 0 bridgehead atoms. The van der Waals surface area contributed by atoms with Gasteiger partial charge in [-0.3, -0.25) is 0 Å². The number of nitrogen functional groups attached to an aromatic ring is 1. The Morgan fingerprint density at radius 1 is 1.58 bits per heavy atom. The topological polar surface area (TPSA) is 54.7 Å². The minimum Gasteiger partial charge on any atom is -0.369 e. The van der Waals surface area contributed by atoms with E-state index >= 15 is 0 Å². The number of nitrogens with two attached hydrogens (primary N) is 1. The lowest BCUT2D eigenvalue weighted by atomic mass is 10.3. The summed E-state index contributed by atoms with van der Waals surface area (Å²) in [5, 5.41) is 0. The van der Waals surface area contributed by atoms with Crippen molar-refractivity contribution in [2.24, 2.45) is 0 Å². The van der Waals surface area contributed by atoms with Crippen molar-refractivity contribution in [3.8, 4) is 0 Å². The van der Waals surface area contributed by atoms with Gasteiger partial charge in [-0.1, -0.05) is 27.4 Å². The van der Waals surface area contributed by atoms with Gasteiger partial charge in [0, 0.05) is 5.69 Å². The molecular formula is C9H17N3. The highest BCUT2D eigenvalue weighted by molar-refractivity contribution is 5.48. The minimum atomic E-state index is 0.465. The zero-order chi connectivity index (χ0) is 9.56. The van der Waals surface area contributed by atoms with E-state index in [0.29, 0.717) is 5.95 Å². The van der Waals surface area contributed by atoms with Gasteiger partial charge in [0.05, 0.1) is 5.69 Å². The molecule has 3 N–H and O–H groups in total. The highest BCUT2D eigenvalue weighted by Gasteiger charge is 2.00. The molecule has 1 aromatic rings. The molecule has 12 heavy (non-hydrogen) atoms. The molecule has 1 rings (SSSR count). The summed E-state index contributed by atoms with van der Waals surface area (Å²) < 4.78 is 0. The number of H-pyrrole nitrogens is 1. The monoisotopic (exact) mass is 167 g/mol. The van der Waals surface area contributed by atoms with Gasteiger partial charge in [0.15, 0.2) is 5.95 Å². The summed E-state index contributed by atoms with van der Waals surface area (Å²) in [5.41, 5.74) is 7.33. The second-order valence-corrected chi connectivity index (χ2v) is 2.04. The molecular weight excluding hydrogens is 150 g/mol. The normalized spacial score (nSPS) is 8.58. The molecule has 0 aliphatic heterocycles. The average Bonchev–Trinajstić information content (AvgIpc) is 2.49. The Bertz CT molecular complexity index is 238. The van der Waals surface area contributed by atoms with Gasteiger partial charge in [0.25, 0.3) is 0 Å². The van der Waals surface area contributed by atoms with Crippen LogP contribution < -0.4 is 5.73 Å². The molecule has 0 aromatic carbocycles. The maximum atomic E-state index is 5.42. The number of aromatic amines is 1. The van der Waals surface area contributed by atoms with Crippen LogP contribution in [0.3, 0.4) is 0 Å². The second-order valence-electron chi connectivity index (χ2n) is 2.04. The van der Waals surface area contributed by atoms with E-state index < -0.39 is 0 Å². The molecule has 0 saturated heterocycles. The number of nitrogens with zero attached hydrogens (tertiary/aromatic N) is 1. The molecule has 0 unspecified atom stereocenters. The summed E-state index contributed by atoms with van der Waals surface area (Å²) >= 11 is 0. The molecule has 68 valence electrons. The van der Waals surface area contributed by atoms with Gasteiger partial charge >= 0.3 is 0 Å². The summed E-state index contributed by atoms with van der Waals surface area (Å²) in [4.78, 5) is 6.94. The fourth-order valence-corrected chi connectivity index (χ4v) is 0.882. The number of rotatable bonds is 2. The lowest BCUT2D eigenvalue weighted by molar-refractivity contribution is 1.06. The van der Waals surface area contributed by atoms with Crippen LogP contribution >= 0.6 is 0 Å². The number of hydrogen-bond acceptors (Lipinski definition) is 2. The fraction of sp³-hybridized carbons (Fsp3) is 0.444. The fourth-order valence-electron chi connectivity index (χ4n) is 0.882. The molecule has 3 nitrogen and oxygen atoms in total. The number of aryl methyl sites for hydroxylation is 1. The molecule has 0 aliphatic rings. The molecule has 0 saturated carbocycles. The molecule has 0 fully saturated rings. The summed E-state index contributed by atoms with van der Waals surface area (Å²) in [7, 11) is 0. The maximum Gasteiger partial charge on any atom is 0.198 e. The van der Waals surface area contributed by atoms with Gasteiger partial charge in [0.1, 0.15) is 0 Å². The second kappa shape index (κ2) is 5.41. The van der Waals surface area contributed by atoms with Gasteiger partial charge < -0.3 is 10.7 Å². The molecule has 0 aliphatic carbocycles. The number of hydrogen-bond donors (Lipinski definition) is 2. The highest BCUT2D eigenvalue weighted by Crippen LogP contribution is 2.08. The zero-order valence-electron chi connectivity index (χ0n) is 8.02. The third-order valence-corrected chi connectivity index (χ3v) is 1.38. The van der Waals surface area contributed by atoms with Crippen molar-refractivity contribution in [1.82, 2.24) is 9.97 Å². The maximum absolute atomic E-state index is 5.42. The highest BCUT2D eigenvalue weighted by atomic mass is 15.0. The molecule has 0 amide bonds.